The highest BCUT2D eigenvalue weighted by molar-refractivity contribution is 6.31. The van der Waals surface area contributed by atoms with Crippen molar-refractivity contribution in [1.29, 1.82) is 0 Å². The zero-order valence-electron chi connectivity index (χ0n) is 7.92. The van der Waals surface area contributed by atoms with Crippen LogP contribution in [-0.4, -0.2) is 12.6 Å². The van der Waals surface area contributed by atoms with E-state index < -0.39 is 0 Å². The molecule has 0 aliphatic carbocycles. The topological polar surface area (TPSA) is 26.3 Å². The molecule has 0 bridgehead atoms. The van der Waals surface area contributed by atoms with E-state index in [1.807, 2.05) is 25.1 Å². The number of cyclic esters (lactones) is 1. The highest BCUT2D eigenvalue weighted by Crippen LogP contribution is 2.28. The fraction of sp³-hybridized carbons (Fsp3) is 0.364. The largest absolute Gasteiger partial charge is 0.465 e. The molecule has 1 aromatic rings. The quantitative estimate of drug-likeness (QED) is 0.667. The zero-order chi connectivity index (χ0) is 10.1. The van der Waals surface area contributed by atoms with Crippen LogP contribution in [0.15, 0.2) is 18.2 Å². The van der Waals surface area contributed by atoms with Crippen LogP contribution in [0.25, 0.3) is 0 Å². The average Bonchev–Trinajstić information content (AvgIpc) is 2.57. The Morgan fingerprint density at radius 2 is 2.29 bits per heavy atom. The van der Waals surface area contributed by atoms with Crippen molar-refractivity contribution in [3.63, 3.8) is 0 Å². The number of hydrogen-bond donors (Lipinski definition) is 0. The molecular weight excluding hydrogens is 200 g/mol. The van der Waals surface area contributed by atoms with Crippen LogP contribution in [0.3, 0.4) is 0 Å². The second kappa shape index (κ2) is 3.62. The smallest absolute Gasteiger partial charge is 0.313 e. The molecule has 1 heterocycles. The van der Waals surface area contributed by atoms with Crippen molar-refractivity contribution in [1.82, 2.24) is 0 Å². The minimum Gasteiger partial charge on any atom is -0.465 e. The Hall–Kier alpha value is -1.02. The van der Waals surface area contributed by atoms with Gasteiger partial charge in [-0.05, 0) is 30.5 Å². The minimum atomic E-state index is -0.119. The minimum absolute atomic E-state index is 0.0917. The molecule has 2 nitrogen and oxygen atoms in total. The summed E-state index contributed by atoms with van der Waals surface area (Å²) >= 11 is 5.91. The van der Waals surface area contributed by atoms with E-state index in [-0.39, 0.29) is 11.9 Å². The van der Waals surface area contributed by atoms with Crippen LogP contribution >= 0.6 is 11.6 Å². The van der Waals surface area contributed by atoms with Crippen LogP contribution in [0.4, 0.5) is 0 Å². The molecule has 0 saturated carbocycles. The molecule has 1 saturated heterocycles. The molecule has 1 aromatic carbocycles. The first-order chi connectivity index (χ1) is 6.68. The van der Waals surface area contributed by atoms with Gasteiger partial charge >= 0.3 is 5.97 Å². The van der Waals surface area contributed by atoms with Gasteiger partial charge in [0.1, 0.15) is 0 Å². The molecule has 0 spiro atoms. The number of ether oxygens (including phenoxy) is 1. The SMILES string of the molecule is Cc1cc(C2CCOC2=O)ccc1Cl. The molecule has 1 fully saturated rings. The fourth-order valence-electron chi connectivity index (χ4n) is 1.68. The van der Waals surface area contributed by atoms with Crippen molar-refractivity contribution in [2.24, 2.45) is 0 Å². The molecule has 1 aliphatic heterocycles. The third kappa shape index (κ3) is 1.62. The Kier molecular flexibility index (Phi) is 2.46. The third-order valence-electron chi connectivity index (χ3n) is 2.52. The van der Waals surface area contributed by atoms with Crippen molar-refractivity contribution < 1.29 is 9.53 Å². The van der Waals surface area contributed by atoms with Crippen LogP contribution in [0.5, 0.6) is 0 Å². The number of rotatable bonds is 1. The van der Waals surface area contributed by atoms with Gasteiger partial charge in [0.25, 0.3) is 0 Å². The predicted octanol–water partition coefficient (Wildman–Crippen LogP) is 2.68. The van der Waals surface area contributed by atoms with Gasteiger partial charge in [0.05, 0.1) is 12.5 Å². The van der Waals surface area contributed by atoms with Crippen molar-refractivity contribution in [3.8, 4) is 0 Å². The normalized spacial score (nSPS) is 21.0. The Bertz CT molecular complexity index is 374. The highest BCUT2D eigenvalue weighted by atomic mass is 35.5. The fourth-order valence-corrected chi connectivity index (χ4v) is 1.80. The van der Waals surface area contributed by atoms with Crippen molar-refractivity contribution >= 4 is 17.6 Å². The van der Waals surface area contributed by atoms with Gasteiger partial charge in [-0.1, -0.05) is 23.7 Å². The van der Waals surface area contributed by atoms with E-state index >= 15 is 0 Å². The molecule has 14 heavy (non-hydrogen) atoms. The Morgan fingerprint density at radius 1 is 1.50 bits per heavy atom. The number of benzene rings is 1. The molecule has 3 heteroatoms. The van der Waals surface area contributed by atoms with E-state index in [1.54, 1.807) is 0 Å². The Morgan fingerprint density at radius 3 is 2.86 bits per heavy atom. The van der Waals surface area contributed by atoms with Gasteiger partial charge in [-0.25, -0.2) is 0 Å². The second-order valence-corrected chi connectivity index (χ2v) is 3.92. The van der Waals surface area contributed by atoms with Gasteiger partial charge in [-0.2, -0.15) is 0 Å². The lowest BCUT2D eigenvalue weighted by molar-refractivity contribution is -0.139. The van der Waals surface area contributed by atoms with Gasteiger partial charge < -0.3 is 4.74 Å². The number of aryl methyl sites for hydroxylation is 1. The molecular formula is C11H11ClO2. The summed E-state index contributed by atoms with van der Waals surface area (Å²) in [6.07, 6.45) is 0.778. The van der Waals surface area contributed by atoms with Crippen molar-refractivity contribution in [2.75, 3.05) is 6.61 Å². The molecule has 1 unspecified atom stereocenters. The first-order valence-corrected chi connectivity index (χ1v) is 4.99. The van der Waals surface area contributed by atoms with Crippen LogP contribution in [0.2, 0.25) is 5.02 Å². The molecule has 0 N–H and O–H groups in total. The lowest BCUT2D eigenvalue weighted by Gasteiger charge is -2.07. The second-order valence-electron chi connectivity index (χ2n) is 3.52. The van der Waals surface area contributed by atoms with E-state index in [1.165, 1.54) is 0 Å². The van der Waals surface area contributed by atoms with Crippen LogP contribution in [-0.2, 0) is 9.53 Å². The van der Waals surface area contributed by atoms with Crippen LogP contribution in [0, 0.1) is 6.92 Å². The molecule has 74 valence electrons. The molecule has 0 radical (unpaired) electrons. The first kappa shape index (κ1) is 9.53. The Balaban J connectivity index is 2.32. The van der Waals surface area contributed by atoms with Crippen molar-refractivity contribution in [2.45, 2.75) is 19.3 Å². The zero-order valence-corrected chi connectivity index (χ0v) is 8.67. The summed E-state index contributed by atoms with van der Waals surface area (Å²) in [5.74, 6) is -0.210. The molecule has 1 aliphatic rings. The number of esters is 1. The lowest BCUT2D eigenvalue weighted by atomic mass is 9.96. The average molecular weight is 211 g/mol. The molecule has 2 rings (SSSR count). The standard InChI is InChI=1S/C11H11ClO2/c1-7-6-8(2-3-10(7)12)9-4-5-14-11(9)13/h2-3,6,9H,4-5H2,1H3. The summed E-state index contributed by atoms with van der Waals surface area (Å²) in [7, 11) is 0. The number of carbonyl (C=O) groups excluding carboxylic acids is 1. The summed E-state index contributed by atoms with van der Waals surface area (Å²) < 4.78 is 4.92. The van der Waals surface area contributed by atoms with E-state index in [0.717, 1.165) is 22.6 Å². The Labute approximate surface area is 87.8 Å². The van der Waals surface area contributed by atoms with Crippen LogP contribution < -0.4 is 0 Å². The molecule has 0 amide bonds. The summed E-state index contributed by atoms with van der Waals surface area (Å²) in [5.41, 5.74) is 2.01. The van der Waals surface area contributed by atoms with Gasteiger partial charge in [0, 0.05) is 5.02 Å². The van der Waals surface area contributed by atoms with Gasteiger partial charge in [-0.3, -0.25) is 4.79 Å². The highest BCUT2D eigenvalue weighted by Gasteiger charge is 2.28. The van der Waals surface area contributed by atoms with E-state index in [0.29, 0.717) is 6.61 Å². The maximum absolute atomic E-state index is 11.3. The third-order valence-corrected chi connectivity index (χ3v) is 2.94. The summed E-state index contributed by atoms with van der Waals surface area (Å²) in [4.78, 5) is 11.3. The summed E-state index contributed by atoms with van der Waals surface area (Å²) in [6.45, 7) is 2.47. The van der Waals surface area contributed by atoms with Crippen molar-refractivity contribution in [3.05, 3.63) is 34.3 Å². The maximum atomic E-state index is 11.3. The monoisotopic (exact) mass is 210 g/mol. The predicted molar refractivity (Wildman–Crippen MR) is 54.5 cm³/mol. The first-order valence-electron chi connectivity index (χ1n) is 4.61. The van der Waals surface area contributed by atoms with Gasteiger partial charge in [0.2, 0.25) is 0 Å². The number of hydrogen-bond acceptors (Lipinski definition) is 2. The molecule has 0 aromatic heterocycles. The van der Waals surface area contributed by atoms with Gasteiger partial charge in [0.15, 0.2) is 0 Å². The van der Waals surface area contributed by atoms with Crippen LogP contribution in [0.1, 0.15) is 23.5 Å². The summed E-state index contributed by atoms with van der Waals surface area (Å²) in [5, 5.41) is 0.736. The maximum Gasteiger partial charge on any atom is 0.313 e. The number of carbonyl (C=O) groups is 1. The van der Waals surface area contributed by atoms with Gasteiger partial charge in [-0.15, -0.1) is 0 Å². The van der Waals surface area contributed by atoms with E-state index in [2.05, 4.69) is 0 Å². The molecule has 1 atom stereocenters. The lowest BCUT2D eigenvalue weighted by Crippen LogP contribution is -2.05. The van der Waals surface area contributed by atoms with E-state index in [4.69, 9.17) is 16.3 Å². The summed E-state index contributed by atoms with van der Waals surface area (Å²) in [6, 6.07) is 5.68. The number of halogens is 1. The van der Waals surface area contributed by atoms with E-state index in [9.17, 15) is 4.79 Å².